The Hall–Kier alpha value is -2.57. The minimum atomic E-state index is 0.481. The number of fused-ring (bicyclic) bond motifs is 1. The normalized spacial score (nSPS) is 11.1. The Kier molecular flexibility index (Phi) is 3.02. The van der Waals surface area contributed by atoms with E-state index >= 15 is 0 Å². The first kappa shape index (κ1) is 12.5. The average Bonchev–Trinajstić information content (AvgIpc) is 2.78. The summed E-state index contributed by atoms with van der Waals surface area (Å²) in [6.45, 7) is 0. The fourth-order valence-electron chi connectivity index (χ4n) is 2.11. The second-order valence-corrected chi connectivity index (χ2v) is 4.47. The minimum Gasteiger partial charge on any atom is -0.426 e. The van der Waals surface area contributed by atoms with Crippen LogP contribution in [0.3, 0.4) is 0 Å². The van der Waals surface area contributed by atoms with Gasteiger partial charge in [-0.3, -0.25) is 0 Å². The summed E-state index contributed by atoms with van der Waals surface area (Å²) < 4.78 is 1.08. The molecule has 0 fully saturated rings. The quantitative estimate of drug-likeness (QED) is 0.380. The molecule has 3 aromatic rings. The van der Waals surface area contributed by atoms with Gasteiger partial charge in [0.05, 0.1) is 12.6 Å². The van der Waals surface area contributed by atoms with Crippen LogP contribution in [0.25, 0.3) is 22.4 Å². The van der Waals surface area contributed by atoms with E-state index in [0.29, 0.717) is 22.5 Å². The number of benzene rings is 2. The second kappa shape index (κ2) is 4.84. The van der Waals surface area contributed by atoms with Crippen molar-refractivity contribution in [3.8, 4) is 11.4 Å². The van der Waals surface area contributed by atoms with Gasteiger partial charge >= 0.3 is 0 Å². The Morgan fingerprint density at radius 2 is 1.95 bits per heavy atom. The number of aromatic nitrogens is 2. The number of hydrogen-bond acceptors (Lipinski definition) is 4. The van der Waals surface area contributed by atoms with Crippen LogP contribution >= 0.6 is 0 Å². The van der Waals surface area contributed by atoms with Gasteiger partial charge in [0, 0.05) is 23.4 Å². The van der Waals surface area contributed by atoms with Crippen molar-refractivity contribution in [3.05, 3.63) is 42.5 Å². The zero-order chi connectivity index (χ0) is 14.1. The number of nitrogen functional groups attached to an aromatic ring is 1. The molecule has 1 aromatic heterocycles. The van der Waals surface area contributed by atoms with Crippen LogP contribution in [-0.4, -0.2) is 22.0 Å². The number of anilines is 1. The summed E-state index contributed by atoms with van der Waals surface area (Å²) in [5.74, 6) is 0.481. The molecule has 6 nitrogen and oxygen atoms in total. The van der Waals surface area contributed by atoms with E-state index < -0.39 is 0 Å². The van der Waals surface area contributed by atoms with Crippen LogP contribution in [0.4, 0.5) is 11.4 Å². The summed E-state index contributed by atoms with van der Waals surface area (Å²) in [5.41, 5.74) is 10.9. The molecule has 5 N–H and O–H groups in total. The molecule has 2 aromatic carbocycles. The van der Waals surface area contributed by atoms with Gasteiger partial charge in [-0.25, -0.2) is 9.82 Å². The van der Waals surface area contributed by atoms with E-state index in [1.165, 1.54) is 0 Å². The van der Waals surface area contributed by atoms with E-state index in [2.05, 4.69) is 4.98 Å². The molecule has 102 valence electrons. The Labute approximate surface area is 115 Å². The van der Waals surface area contributed by atoms with Crippen LogP contribution in [-0.2, 0) is 4.84 Å². The van der Waals surface area contributed by atoms with Crippen LogP contribution < -0.4 is 11.2 Å². The summed E-state index contributed by atoms with van der Waals surface area (Å²) >= 11 is 0. The molecule has 1 heterocycles. The lowest BCUT2D eigenvalue weighted by Crippen LogP contribution is -2.75. The third-order valence-corrected chi connectivity index (χ3v) is 3.08. The highest BCUT2D eigenvalue weighted by molar-refractivity contribution is 5.82. The monoisotopic (exact) mass is 271 g/mol. The smallest absolute Gasteiger partial charge is 0.176 e. The first-order chi connectivity index (χ1) is 9.69. The SMILES string of the molecule is CO[NH2+]c1ccc2nc(-c3ccc(N)cc3)n(O)c2c1. The van der Waals surface area contributed by atoms with Crippen LogP contribution in [0.15, 0.2) is 42.5 Å². The summed E-state index contributed by atoms with van der Waals surface area (Å²) in [6, 6.07) is 12.7. The van der Waals surface area contributed by atoms with Crippen molar-refractivity contribution < 1.29 is 15.5 Å². The van der Waals surface area contributed by atoms with Gasteiger partial charge in [-0.15, -0.1) is 0 Å². The lowest BCUT2D eigenvalue weighted by atomic mass is 10.2. The minimum absolute atomic E-state index is 0.481. The molecule has 0 bridgehead atoms. The van der Waals surface area contributed by atoms with Crippen LogP contribution in [0.1, 0.15) is 0 Å². The van der Waals surface area contributed by atoms with Gasteiger partial charge < -0.3 is 10.9 Å². The summed E-state index contributed by atoms with van der Waals surface area (Å²) in [5, 5.41) is 10.3. The maximum absolute atomic E-state index is 10.3. The Bertz CT molecular complexity index is 750. The Balaban J connectivity index is 2.12. The van der Waals surface area contributed by atoms with Crippen molar-refractivity contribution in [1.82, 2.24) is 9.71 Å². The van der Waals surface area contributed by atoms with Crippen molar-refractivity contribution in [2.24, 2.45) is 0 Å². The molecule has 0 aliphatic rings. The number of nitrogens with zero attached hydrogens (tertiary/aromatic N) is 2. The van der Waals surface area contributed by atoms with E-state index in [1.54, 1.807) is 24.7 Å². The standard InChI is InChI=1S/C14H14N4O2/c1-20-17-11-6-7-12-13(8-11)18(19)14(16-12)9-2-4-10(15)5-3-9/h2-8,17,19H,15H2,1H3/p+1. The Morgan fingerprint density at radius 1 is 1.20 bits per heavy atom. The molecule has 3 rings (SSSR count). The number of quaternary nitrogens is 1. The van der Waals surface area contributed by atoms with Crippen molar-refractivity contribution >= 4 is 22.4 Å². The van der Waals surface area contributed by atoms with E-state index in [9.17, 15) is 5.21 Å². The molecule has 6 heteroatoms. The van der Waals surface area contributed by atoms with Crippen molar-refractivity contribution in [2.75, 3.05) is 12.8 Å². The molecule has 0 amide bonds. The number of imidazole rings is 1. The molecule has 0 atom stereocenters. The molecule has 0 unspecified atom stereocenters. The maximum Gasteiger partial charge on any atom is 0.176 e. The first-order valence-electron chi connectivity index (χ1n) is 6.13. The predicted octanol–water partition coefficient (Wildman–Crippen LogP) is 1.28. The molecular formula is C14H15N4O2+. The van der Waals surface area contributed by atoms with Gasteiger partial charge in [0.25, 0.3) is 0 Å². The summed E-state index contributed by atoms with van der Waals surface area (Å²) in [7, 11) is 1.58. The van der Waals surface area contributed by atoms with Gasteiger partial charge in [-0.05, 0) is 30.3 Å². The van der Waals surface area contributed by atoms with Gasteiger partial charge in [0.1, 0.15) is 5.52 Å². The van der Waals surface area contributed by atoms with Crippen LogP contribution in [0.2, 0.25) is 0 Å². The molecule has 20 heavy (non-hydrogen) atoms. The molecule has 0 aliphatic heterocycles. The molecule has 0 radical (unpaired) electrons. The largest absolute Gasteiger partial charge is 0.426 e. The fraction of sp³-hybridized carbons (Fsp3) is 0.0714. The number of nitrogens with two attached hydrogens (primary N) is 2. The highest BCUT2D eigenvalue weighted by atomic mass is 16.6. The van der Waals surface area contributed by atoms with Crippen molar-refractivity contribution in [2.45, 2.75) is 0 Å². The van der Waals surface area contributed by atoms with Gasteiger partial charge in [-0.2, -0.15) is 10.2 Å². The predicted molar refractivity (Wildman–Crippen MR) is 75.4 cm³/mol. The van der Waals surface area contributed by atoms with Gasteiger partial charge in [-0.1, -0.05) is 0 Å². The molecular weight excluding hydrogens is 256 g/mol. The van der Waals surface area contributed by atoms with E-state index in [0.717, 1.165) is 16.0 Å². The lowest BCUT2D eigenvalue weighted by molar-refractivity contribution is -0.830. The highest BCUT2D eigenvalue weighted by Gasteiger charge is 2.13. The molecule has 0 saturated carbocycles. The fourth-order valence-corrected chi connectivity index (χ4v) is 2.11. The van der Waals surface area contributed by atoms with E-state index in [-0.39, 0.29) is 0 Å². The van der Waals surface area contributed by atoms with Crippen LogP contribution in [0.5, 0.6) is 0 Å². The Morgan fingerprint density at radius 3 is 2.65 bits per heavy atom. The third-order valence-electron chi connectivity index (χ3n) is 3.08. The van der Waals surface area contributed by atoms with Crippen molar-refractivity contribution in [1.29, 1.82) is 0 Å². The van der Waals surface area contributed by atoms with Gasteiger partial charge in [0.2, 0.25) is 0 Å². The number of rotatable bonds is 3. The molecule has 0 aliphatic carbocycles. The lowest BCUT2D eigenvalue weighted by Gasteiger charge is -2.01. The first-order valence-corrected chi connectivity index (χ1v) is 6.13. The highest BCUT2D eigenvalue weighted by Crippen LogP contribution is 2.25. The van der Waals surface area contributed by atoms with Gasteiger partial charge in [0.15, 0.2) is 11.5 Å². The number of hydrogen-bond donors (Lipinski definition) is 3. The average molecular weight is 271 g/mol. The zero-order valence-electron chi connectivity index (χ0n) is 10.9. The topological polar surface area (TPSA) is 89.9 Å². The van der Waals surface area contributed by atoms with Crippen LogP contribution in [0, 0.1) is 0 Å². The van der Waals surface area contributed by atoms with E-state index in [1.807, 2.05) is 30.3 Å². The third kappa shape index (κ3) is 2.07. The summed E-state index contributed by atoms with van der Waals surface area (Å²) in [4.78, 5) is 9.40. The van der Waals surface area contributed by atoms with E-state index in [4.69, 9.17) is 10.6 Å². The molecule has 0 spiro atoms. The van der Waals surface area contributed by atoms with Crippen molar-refractivity contribution in [3.63, 3.8) is 0 Å². The molecule has 0 saturated heterocycles. The zero-order valence-corrected chi connectivity index (χ0v) is 10.9. The second-order valence-electron chi connectivity index (χ2n) is 4.47. The maximum atomic E-state index is 10.3. The summed E-state index contributed by atoms with van der Waals surface area (Å²) in [6.07, 6.45) is 0.